The van der Waals surface area contributed by atoms with Gasteiger partial charge >= 0.3 is 37.7 Å². The van der Waals surface area contributed by atoms with E-state index >= 15 is 0 Å². The smallest absolute Gasteiger partial charge is 0.475 e. The average Bonchev–Trinajstić information content (AvgIpc) is 2.58. The largest absolute Gasteiger partial charge is 0.478 e. The Morgan fingerprint density at radius 1 is 0.900 bits per heavy atom. The fraction of sp³-hybridized carbons (Fsp3) is 0.294. The van der Waals surface area contributed by atoms with Crippen LogP contribution in [0.2, 0.25) is 0 Å². The highest BCUT2D eigenvalue weighted by molar-refractivity contribution is 7.46. The van der Waals surface area contributed by atoms with Crippen molar-refractivity contribution >= 4 is 31.7 Å². The van der Waals surface area contributed by atoms with Crippen LogP contribution in [0.5, 0.6) is 0 Å². The van der Waals surface area contributed by atoms with Gasteiger partial charge in [0.15, 0.2) is 6.61 Å². The second-order valence-electron chi connectivity index (χ2n) is 5.50. The molecule has 0 fully saturated rings. The van der Waals surface area contributed by atoms with E-state index in [1.54, 1.807) is 0 Å². The first kappa shape index (κ1) is 29.2. The van der Waals surface area contributed by atoms with Gasteiger partial charge in [0, 0.05) is 22.8 Å². The van der Waals surface area contributed by atoms with Gasteiger partial charge in [-0.3, -0.25) is 0 Å². The number of esters is 3. The lowest BCUT2D eigenvalue weighted by molar-refractivity contribution is -0.324. The molecule has 0 saturated carbocycles. The summed E-state index contributed by atoms with van der Waals surface area (Å²) in [4.78, 5) is 62.3. The van der Waals surface area contributed by atoms with E-state index in [9.17, 15) is 23.7 Å². The first-order valence-electron chi connectivity index (χ1n) is 7.68. The minimum atomic E-state index is -5.37. The van der Waals surface area contributed by atoms with Gasteiger partial charge in [-0.2, -0.15) is 0 Å². The van der Waals surface area contributed by atoms with Gasteiger partial charge in [-0.05, 0) is 20.8 Å². The monoisotopic (exact) mass is 450 g/mol. The second kappa shape index (κ2) is 12.5. The summed E-state index contributed by atoms with van der Waals surface area (Å²) in [6.45, 7) is 15.3. The number of carbonyl (C=O) groups is 4. The van der Waals surface area contributed by atoms with Gasteiger partial charge in [0.25, 0.3) is 0 Å². The molecule has 0 spiro atoms. The van der Waals surface area contributed by atoms with E-state index in [0.717, 1.165) is 6.08 Å². The third-order valence-electron chi connectivity index (χ3n) is 2.35. The molecule has 0 unspecified atom stereocenters. The van der Waals surface area contributed by atoms with Crippen molar-refractivity contribution < 1.29 is 57.4 Å². The molecule has 13 heteroatoms. The summed E-state index contributed by atoms with van der Waals surface area (Å²) < 4.78 is 29.5. The number of rotatable bonds is 10. The molecule has 0 heterocycles. The van der Waals surface area contributed by atoms with Crippen LogP contribution in [0, 0.1) is 0 Å². The lowest BCUT2D eigenvalue weighted by Crippen LogP contribution is -2.47. The van der Waals surface area contributed by atoms with E-state index < -0.39 is 44.3 Å². The van der Waals surface area contributed by atoms with E-state index in [-0.39, 0.29) is 16.7 Å². The summed E-state index contributed by atoms with van der Waals surface area (Å²) in [7, 11) is -5.37. The van der Waals surface area contributed by atoms with Crippen LogP contribution in [0.1, 0.15) is 20.8 Å². The van der Waals surface area contributed by atoms with Gasteiger partial charge in [-0.25, -0.2) is 28.3 Å². The van der Waals surface area contributed by atoms with Gasteiger partial charge in [-0.1, -0.05) is 26.3 Å². The molecule has 12 nitrogen and oxygen atoms in total. The predicted molar refractivity (Wildman–Crippen MR) is 101 cm³/mol. The van der Waals surface area contributed by atoms with Gasteiger partial charge in [-0.15, -0.1) is 0 Å². The highest BCUT2D eigenvalue weighted by Gasteiger charge is 2.48. The van der Waals surface area contributed by atoms with Crippen molar-refractivity contribution in [3.63, 3.8) is 0 Å². The molecular formula is C17H23O12P. The summed E-state index contributed by atoms with van der Waals surface area (Å²) in [5.74, 6) is -7.51. The van der Waals surface area contributed by atoms with Crippen molar-refractivity contribution in [1.29, 1.82) is 0 Å². The molecule has 0 atom stereocenters. The molecule has 0 saturated heterocycles. The number of carbonyl (C=O) groups excluding carboxylic acids is 3. The number of hydrogen-bond donors (Lipinski definition) is 3. The molecule has 0 aromatic rings. The number of hydrogen-bond acceptors (Lipinski definition) is 9. The summed E-state index contributed by atoms with van der Waals surface area (Å²) in [5.41, 5.74) is -0.505. The zero-order valence-corrected chi connectivity index (χ0v) is 17.5. The molecule has 0 amide bonds. The fourth-order valence-corrected chi connectivity index (χ4v) is 1.55. The Kier molecular flexibility index (Phi) is 12.1. The molecule has 0 aromatic carbocycles. The molecule has 0 bridgehead atoms. The number of carboxylic acids is 1. The van der Waals surface area contributed by atoms with E-state index in [1.807, 2.05) is 0 Å². The normalized spacial score (nSPS) is 10.4. The highest BCUT2D eigenvalue weighted by atomic mass is 31.2. The van der Waals surface area contributed by atoms with Crippen molar-refractivity contribution in [3.8, 4) is 0 Å². The van der Waals surface area contributed by atoms with E-state index in [1.165, 1.54) is 20.8 Å². The van der Waals surface area contributed by atoms with Gasteiger partial charge < -0.3 is 29.1 Å². The van der Waals surface area contributed by atoms with E-state index in [0.29, 0.717) is 0 Å². The zero-order valence-electron chi connectivity index (χ0n) is 16.6. The Bertz CT molecular complexity index is 761. The van der Waals surface area contributed by atoms with E-state index in [2.05, 4.69) is 45.1 Å². The standard InChI is InChI=1S/C14H19O10P.C3H4O2/c1-8(2)11(15)21-7-14(24-25(18,19)20,22-12(16)9(3)4)23-13(17)10(5)6;1-2-3(4)5/h1,3,5,7H2,2,4,6H3,(H2,18,19,20);2H,1H2,(H,4,5). The third kappa shape index (κ3) is 13.2. The molecule has 0 aliphatic heterocycles. The molecule has 0 rings (SSSR count). The number of phosphoric ester groups is 1. The Labute approximate surface area is 172 Å². The minimum absolute atomic E-state index is 0.0810. The second-order valence-corrected chi connectivity index (χ2v) is 6.67. The molecular weight excluding hydrogens is 427 g/mol. The van der Waals surface area contributed by atoms with Crippen molar-refractivity contribution in [1.82, 2.24) is 0 Å². The van der Waals surface area contributed by atoms with Crippen molar-refractivity contribution in [2.75, 3.05) is 6.61 Å². The lowest BCUT2D eigenvalue weighted by Gasteiger charge is -2.31. The summed E-state index contributed by atoms with van der Waals surface area (Å²) in [6.07, 6.45) is 0.833. The fourth-order valence-electron chi connectivity index (χ4n) is 1.06. The topological polar surface area (TPSA) is 183 Å². The average molecular weight is 450 g/mol. The van der Waals surface area contributed by atoms with Gasteiger partial charge in [0.2, 0.25) is 0 Å². The molecule has 168 valence electrons. The number of carboxylic acid groups (broad SMARTS) is 1. The Balaban J connectivity index is 0. The predicted octanol–water partition coefficient (Wildman–Crippen LogP) is 1.36. The zero-order chi connectivity index (χ0) is 24.3. The summed E-state index contributed by atoms with van der Waals surface area (Å²) >= 11 is 0. The van der Waals surface area contributed by atoms with Crippen molar-refractivity contribution in [2.24, 2.45) is 0 Å². The molecule has 3 N–H and O–H groups in total. The maximum Gasteiger partial charge on any atom is 0.475 e. The molecule has 0 aromatic heterocycles. The van der Waals surface area contributed by atoms with Gasteiger partial charge in [0.05, 0.1) is 0 Å². The van der Waals surface area contributed by atoms with Crippen LogP contribution >= 0.6 is 7.82 Å². The maximum atomic E-state index is 11.7. The van der Waals surface area contributed by atoms with Gasteiger partial charge in [0.1, 0.15) is 0 Å². The molecule has 0 radical (unpaired) electrons. The summed E-state index contributed by atoms with van der Waals surface area (Å²) in [5, 5.41) is 7.60. The number of aliphatic carboxylic acids is 1. The maximum absolute atomic E-state index is 11.7. The lowest BCUT2D eigenvalue weighted by atomic mass is 10.3. The first-order valence-corrected chi connectivity index (χ1v) is 9.21. The van der Waals surface area contributed by atoms with Crippen molar-refractivity contribution in [3.05, 3.63) is 49.1 Å². The van der Waals surface area contributed by atoms with Crippen LogP contribution in [0.15, 0.2) is 49.1 Å². The van der Waals surface area contributed by atoms with Crippen LogP contribution in [-0.2, 0) is 42.5 Å². The van der Waals surface area contributed by atoms with E-state index in [4.69, 9.17) is 14.9 Å². The quantitative estimate of drug-likeness (QED) is 0.188. The third-order valence-corrected chi connectivity index (χ3v) is 2.87. The minimum Gasteiger partial charge on any atom is -0.478 e. The van der Waals surface area contributed by atoms with Crippen molar-refractivity contribution in [2.45, 2.75) is 26.7 Å². The Morgan fingerprint density at radius 3 is 1.47 bits per heavy atom. The Morgan fingerprint density at radius 2 is 1.23 bits per heavy atom. The van der Waals surface area contributed by atoms with Crippen LogP contribution in [-0.4, -0.2) is 51.4 Å². The number of phosphoric acid groups is 1. The molecule has 0 aliphatic rings. The molecule has 0 aliphatic carbocycles. The molecule has 30 heavy (non-hydrogen) atoms. The number of ether oxygens (including phenoxy) is 3. The Hall–Kier alpha value is -3.05. The SMILES string of the molecule is C=C(C)C(=O)OCC(OC(=O)C(=C)C)(OC(=O)C(=C)C)OP(=O)(O)O.C=CC(=O)O. The van der Waals surface area contributed by atoms with Crippen LogP contribution < -0.4 is 0 Å². The van der Waals surface area contributed by atoms with Crippen LogP contribution in [0.3, 0.4) is 0 Å². The first-order chi connectivity index (χ1) is 13.5. The van der Waals surface area contributed by atoms with Crippen LogP contribution in [0.4, 0.5) is 0 Å². The highest BCUT2D eigenvalue weighted by Crippen LogP contribution is 2.43. The van der Waals surface area contributed by atoms with Crippen LogP contribution in [0.25, 0.3) is 0 Å². The summed E-state index contributed by atoms with van der Waals surface area (Å²) in [6, 6.07) is 0.